The summed E-state index contributed by atoms with van der Waals surface area (Å²) in [6.07, 6.45) is 2.27. The van der Waals surface area contributed by atoms with Crippen molar-refractivity contribution in [2.45, 2.75) is 38.0 Å². The van der Waals surface area contributed by atoms with Crippen molar-refractivity contribution in [3.8, 4) is 11.3 Å². The molecule has 2 saturated heterocycles. The number of aromatic nitrogens is 1. The number of ether oxygens (including phenoxy) is 2. The third-order valence-electron chi connectivity index (χ3n) is 4.92. The van der Waals surface area contributed by atoms with E-state index in [1.165, 1.54) is 0 Å². The molecule has 1 aromatic carbocycles. The lowest BCUT2D eigenvalue weighted by molar-refractivity contribution is -0.156. The number of rotatable bonds is 4. The smallest absolute Gasteiger partial charge is 0.167 e. The van der Waals surface area contributed by atoms with E-state index >= 15 is 0 Å². The molecule has 24 heavy (non-hydrogen) atoms. The van der Waals surface area contributed by atoms with Gasteiger partial charge in [-0.3, -0.25) is 4.90 Å². The van der Waals surface area contributed by atoms with Crippen molar-refractivity contribution in [1.82, 2.24) is 10.1 Å². The summed E-state index contributed by atoms with van der Waals surface area (Å²) in [5.41, 5.74) is 1.90. The molecule has 5 heteroatoms. The fourth-order valence-corrected chi connectivity index (χ4v) is 3.68. The maximum absolute atomic E-state index is 6.32. The fraction of sp³-hybridized carbons (Fsp3) is 0.526. The Balaban J connectivity index is 1.47. The number of hydrogen-bond acceptors (Lipinski definition) is 5. The van der Waals surface area contributed by atoms with E-state index in [2.05, 4.69) is 17.0 Å². The zero-order valence-corrected chi connectivity index (χ0v) is 14.1. The van der Waals surface area contributed by atoms with Gasteiger partial charge in [-0.15, -0.1) is 0 Å². The van der Waals surface area contributed by atoms with Gasteiger partial charge in [-0.1, -0.05) is 42.4 Å². The lowest BCUT2D eigenvalue weighted by atomic mass is 9.98. The molecule has 3 heterocycles. The van der Waals surface area contributed by atoms with Gasteiger partial charge in [-0.25, -0.2) is 0 Å². The van der Waals surface area contributed by atoms with Gasteiger partial charge in [0.15, 0.2) is 5.76 Å². The zero-order chi connectivity index (χ0) is 16.4. The second kappa shape index (κ2) is 6.67. The lowest BCUT2D eigenvalue weighted by Crippen LogP contribution is -2.55. The van der Waals surface area contributed by atoms with Crippen LogP contribution < -0.4 is 0 Å². The van der Waals surface area contributed by atoms with Crippen LogP contribution in [0, 0.1) is 0 Å². The van der Waals surface area contributed by atoms with Crippen LogP contribution in [0.2, 0.25) is 0 Å². The molecule has 0 unspecified atom stereocenters. The predicted molar refractivity (Wildman–Crippen MR) is 90.5 cm³/mol. The Morgan fingerprint density at radius 2 is 2.17 bits per heavy atom. The highest BCUT2D eigenvalue weighted by molar-refractivity contribution is 5.56. The molecule has 4 rings (SSSR count). The van der Waals surface area contributed by atoms with Gasteiger partial charge in [0, 0.05) is 44.3 Å². The second-order valence-corrected chi connectivity index (χ2v) is 6.85. The Labute approximate surface area is 142 Å². The molecule has 0 bridgehead atoms. The molecule has 0 saturated carbocycles. The van der Waals surface area contributed by atoms with E-state index in [4.69, 9.17) is 14.0 Å². The minimum Gasteiger partial charge on any atom is -0.378 e. The summed E-state index contributed by atoms with van der Waals surface area (Å²) >= 11 is 0. The van der Waals surface area contributed by atoms with Gasteiger partial charge in [0.25, 0.3) is 0 Å². The maximum Gasteiger partial charge on any atom is 0.167 e. The maximum atomic E-state index is 6.32. The van der Waals surface area contributed by atoms with Crippen LogP contribution in [0.5, 0.6) is 0 Å². The Morgan fingerprint density at radius 1 is 1.29 bits per heavy atom. The first-order valence-corrected chi connectivity index (χ1v) is 8.75. The Bertz CT molecular complexity index is 664. The minimum atomic E-state index is -0.134. The second-order valence-electron chi connectivity index (χ2n) is 6.85. The monoisotopic (exact) mass is 328 g/mol. The molecular weight excluding hydrogens is 304 g/mol. The van der Waals surface area contributed by atoms with E-state index in [0.29, 0.717) is 6.61 Å². The van der Waals surface area contributed by atoms with Crippen LogP contribution in [0.3, 0.4) is 0 Å². The number of morpholine rings is 1. The number of benzene rings is 1. The number of hydrogen-bond donors (Lipinski definition) is 0. The van der Waals surface area contributed by atoms with Crippen molar-refractivity contribution in [3.05, 3.63) is 42.1 Å². The average Bonchev–Trinajstić information content (AvgIpc) is 3.25. The van der Waals surface area contributed by atoms with Gasteiger partial charge in [-0.05, 0) is 6.42 Å². The summed E-state index contributed by atoms with van der Waals surface area (Å²) in [5.74, 6) is 0.824. The van der Waals surface area contributed by atoms with Crippen molar-refractivity contribution >= 4 is 0 Å². The van der Waals surface area contributed by atoms with Crippen molar-refractivity contribution < 1.29 is 14.0 Å². The molecule has 0 amide bonds. The van der Waals surface area contributed by atoms with Crippen LogP contribution in [0.1, 0.15) is 25.5 Å². The van der Waals surface area contributed by atoms with Gasteiger partial charge >= 0.3 is 0 Å². The molecule has 0 N–H and O–H groups in total. The van der Waals surface area contributed by atoms with Gasteiger partial charge in [0.05, 0.1) is 18.4 Å². The topological polar surface area (TPSA) is 47.7 Å². The van der Waals surface area contributed by atoms with Crippen LogP contribution in [-0.4, -0.2) is 48.1 Å². The van der Waals surface area contributed by atoms with E-state index in [1.807, 2.05) is 36.4 Å². The first-order chi connectivity index (χ1) is 11.8. The third-order valence-corrected chi connectivity index (χ3v) is 4.92. The van der Waals surface area contributed by atoms with Crippen LogP contribution in [0.25, 0.3) is 11.3 Å². The average molecular weight is 328 g/mol. The summed E-state index contributed by atoms with van der Waals surface area (Å²) in [6, 6.07) is 12.1. The van der Waals surface area contributed by atoms with Gasteiger partial charge in [0.1, 0.15) is 5.60 Å². The van der Waals surface area contributed by atoms with E-state index in [-0.39, 0.29) is 11.7 Å². The molecule has 2 aromatic rings. The van der Waals surface area contributed by atoms with E-state index < -0.39 is 0 Å². The number of nitrogens with zero attached hydrogens (tertiary/aromatic N) is 2. The lowest BCUT2D eigenvalue weighted by Gasteiger charge is -2.43. The Kier molecular flexibility index (Phi) is 4.39. The molecule has 128 valence electrons. The van der Waals surface area contributed by atoms with Crippen LogP contribution >= 0.6 is 0 Å². The normalized spacial score (nSPS) is 27.8. The van der Waals surface area contributed by atoms with Gasteiger partial charge in [-0.2, -0.15) is 0 Å². The van der Waals surface area contributed by atoms with Crippen LogP contribution in [0.4, 0.5) is 0 Å². The van der Waals surface area contributed by atoms with Crippen molar-refractivity contribution in [2.75, 3.05) is 26.3 Å². The molecule has 0 aliphatic carbocycles. The summed E-state index contributed by atoms with van der Waals surface area (Å²) in [7, 11) is 0. The van der Waals surface area contributed by atoms with Crippen molar-refractivity contribution in [3.63, 3.8) is 0 Å². The summed E-state index contributed by atoms with van der Waals surface area (Å²) in [5, 5.41) is 4.26. The first-order valence-electron chi connectivity index (χ1n) is 8.75. The predicted octanol–water partition coefficient (Wildman–Crippen LogP) is 3.11. The molecule has 1 spiro atoms. The molecule has 2 aliphatic rings. The summed E-state index contributed by atoms with van der Waals surface area (Å²) < 4.78 is 17.5. The quantitative estimate of drug-likeness (QED) is 0.863. The fourth-order valence-electron chi connectivity index (χ4n) is 3.68. The molecule has 2 fully saturated rings. The SMILES string of the molecule is CC[C@@H]1CN(Cc2cc(-c3ccccc3)on2)C[C@]2(CCOC2)O1. The third kappa shape index (κ3) is 3.24. The van der Waals surface area contributed by atoms with Gasteiger partial charge in [0.2, 0.25) is 0 Å². The van der Waals surface area contributed by atoms with E-state index in [1.54, 1.807) is 0 Å². The highest BCUT2D eigenvalue weighted by Crippen LogP contribution is 2.32. The molecule has 2 atom stereocenters. The Hall–Kier alpha value is -1.69. The molecule has 2 aliphatic heterocycles. The highest BCUT2D eigenvalue weighted by Gasteiger charge is 2.43. The molecule has 0 radical (unpaired) electrons. The molecular formula is C19H24N2O3. The molecule has 1 aromatic heterocycles. The van der Waals surface area contributed by atoms with Crippen LogP contribution in [-0.2, 0) is 16.0 Å². The van der Waals surface area contributed by atoms with E-state index in [9.17, 15) is 0 Å². The van der Waals surface area contributed by atoms with E-state index in [0.717, 1.165) is 56.1 Å². The summed E-state index contributed by atoms with van der Waals surface area (Å²) in [6.45, 7) is 6.31. The van der Waals surface area contributed by atoms with Crippen molar-refractivity contribution in [1.29, 1.82) is 0 Å². The standard InChI is InChI=1S/C19H24N2O3/c1-2-17-12-21(13-19(23-17)8-9-22-14-19)11-16-10-18(24-20-16)15-6-4-3-5-7-15/h3-7,10,17H,2,8-9,11-14H2,1H3/t17-,19+/m1/s1. The minimum absolute atomic E-state index is 0.134. The van der Waals surface area contributed by atoms with Crippen molar-refractivity contribution in [2.24, 2.45) is 0 Å². The Morgan fingerprint density at radius 3 is 2.92 bits per heavy atom. The summed E-state index contributed by atoms with van der Waals surface area (Å²) in [4.78, 5) is 2.43. The first kappa shape index (κ1) is 15.8. The zero-order valence-electron chi connectivity index (χ0n) is 14.1. The van der Waals surface area contributed by atoms with Gasteiger partial charge < -0.3 is 14.0 Å². The van der Waals surface area contributed by atoms with Crippen LogP contribution in [0.15, 0.2) is 40.9 Å². The largest absolute Gasteiger partial charge is 0.378 e. The molecule has 5 nitrogen and oxygen atoms in total. The highest BCUT2D eigenvalue weighted by atomic mass is 16.6.